The second kappa shape index (κ2) is 25.1. The number of nitrogens with one attached hydrogen (secondary N) is 2. The normalized spacial score (nSPS) is 12.3. The zero-order chi connectivity index (χ0) is 54.4. The SMILES string of the molecule is CC(C)(C)C(=O)OCOP(=O)(OCOC(=O)C(C)(C)C)Oc1ccc(CNC(=O)COc2ccc3cc(C(=O)Nc4ccccc4)ccc3c2)cc1OP(=O)(OCOC(=O)C(C)(C)C)OCOC(=O)C(C)(C)C. The molecule has 0 saturated heterocycles. The van der Waals surface area contributed by atoms with E-state index in [2.05, 4.69) is 10.6 Å². The number of ether oxygens (including phenoxy) is 5. The van der Waals surface area contributed by atoms with E-state index >= 15 is 0 Å². The average Bonchev–Trinajstić information content (AvgIpc) is 3.29. The van der Waals surface area contributed by atoms with Gasteiger partial charge in [-0.1, -0.05) is 36.4 Å². The molecular formula is C50H64N2O19P2. The van der Waals surface area contributed by atoms with E-state index in [1.54, 1.807) is 132 Å². The molecule has 0 atom stereocenters. The van der Waals surface area contributed by atoms with Crippen molar-refractivity contribution < 1.29 is 88.7 Å². The van der Waals surface area contributed by atoms with Gasteiger partial charge in [0.25, 0.3) is 11.8 Å². The maximum Gasteiger partial charge on any atom is 0.536 e. The van der Waals surface area contributed by atoms with E-state index < -0.39 is 112 Å². The number of hydrogen-bond donors (Lipinski definition) is 2. The van der Waals surface area contributed by atoms with E-state index in [4.69, 9.17) is 50.8 Å². The lowest BCUT2D eigenvalue weighted by Gasteiger charge is -2.24. The van der Waals surface area contributed by atoms with Crippen LogP contribution in [-0.2, 0) is 76.7 Å². The van der Waals surface area contributed by atoms with Gasteiger partial charge in [0.15, 0.2) is 18.1 Å². The fourth-order valence-electron chi connectivity index (χ4n) is 5.25. The molecule has 398 valence electrons. The molecule has 0 bridgehead atoms. The van der Waals surface area contributed by atoms with Gasteiger partial charge in [0.05, 0.1) is 21.7 Å². The Kier molecular flexibility index (Phi) is 20.3. The first-order chi connectivity index (χ1) is 33.9. The van der Waals surface area contributed by atoms with E-state index in [-0.39, 0.29) is 18.0 Å². The summed E-state index contributed by atoms with van der Waals surface area (Å²) < 4.78 is 87.7. The molecule has 4 aromatic carbocycles. The predicted octanol–water partition coefficient (Wildman–Crippen LogP) is 10.0. The maximum absolute atomic E-state index is 14.4. The highest BCUT2D eigenvalue weighted by molar-refractivity contribution is 7.49. The monoisotopic (exact) mass is 1060 g/mol. The Bertz CT molecular complexity index is 2630. The number of rotatable bonds is 23. The summed E-state index contributed by atoms with van der Waals surface area (Å²) >= 11 is 0. The van der Waals surface area contributed by atoms with Crippen LogP contribution in [0.2, 0.25) is 0 Å². The van der Waals surface area contributed by atoms with Crippen LogP contribution in [0.4, 0.5) is 5.69 Å². The number of para-hydroxylation sites is 1. The molecule has 0 unspecified atom stereocenters. The Morgan fingerprint density at radius 3 is 1.40 bits per heavy atom. The van der Waals surface area contributed by atoms with Crippen LogP contribution in [0.1, 0.15) is 99.0 Å². The van der Waals surface area contributed by atoms with Crippen molar-refractivity contribution in [1.29, 1.82) is 0 Å². The van der Waals surface area contributed by atoms with E-state index in [1.807, 2.05) is 18.2 Å². The Balaban J connectivity index is 1.61. The summed E-state index contributed by atoms with van der Waals surface area (Å²) in [4.78, 5) is 76.3. The molecule has 0 aromatic heterocycles. The Morgan fingerprint density at radius 2 is 0.932 bits per heavy atom. The van der Waals surface area contributed by atoms with Gasteiger partial charge in [-0.25, -0.2) is 27.2 Å². The Labute approximate surface area is 424 Å². The number of fused-ring (bicyclic) bond motifs is 1. The number of hydrogen-bond acceptors (Lipinski definition) is 19. The third-order valence-electron chi connectivity index (χ3n) is 9.45. The minimum atomic E-state index is -5.07. The van der Waals surface area contributed by atoms with Crippen LogP contribution in [-0.4, -0.2) is 69.5 Å². The zero-order valence-electron chi connectivity index (χ0n) is 43.0. The van der Waals surface area contributed by atoms with Crippen molar-refractivity contribution in [3.05, 3.63) is 96.1 Å². The Hall–Kier alpha value is -6.34. The fourth-order valence-corrected chi connectivity index (χ4v) is 7.12. The molecule has 0 fully saturated rings. The molecule has 4 aromatic rings. The highest BCUT2D eigenvalue weighted by Gasteiger charge is 2.38. The van der Waals surface area contributed by atoms with Crippen molar-refractivity contribution >= 4 is 67.8 Å². The first-order valence-electron chi connectivity index (χ1n) is 22.6. The first kappa shape index (κ1) is 59.2. The van der Waals surface area contributed by atoms with Gasteiger partial charge >= 0.3 is 39.5 Å². The van der Waals surface area contributed by atoms with Crippen molar-refractivity contribution in [1.82, 2.24) is 5.32 Å². The molecule has 0 spiro atoms. The van der Waals surface area contributed by atoms with Gasteiger partial charge in [-0.05, 0) is 148 Å². The number of amides is 2. The van der Waals surface area contributed by atoms with Crippen LogP contribution in [0.15, 0.2) is 84.9 Å². The lowest BCUT2D eigenvalue weighted by Crippen LogP contribution is -2.28. The van der Waals surface area contributed by atoms with E-state index in [1.165, 1.54) is 12.1 Å². The minimum absolute atomic E-state index is 0.230. The highest BCUT2D eigenvalue weighted by atomic mass is 31.2. The summed E-state index contributed by atoms with van der Waals surface area (Å²) in [6.07, 6.45) is 0. The van der Waals surface area contributed by atoms with Crippen LogP contribution in [0, 0.1) is 21.7 Å². The van der Waals surface area contributed by atoms with Gasteiger partial charge < -0.3 is 43.4 Å². The summed E-state index contributed by atoms with van der Waals surface area (Å²) in [6.45, 7) is 14.0. The molecule has 2 N–H and O–H groups in total. The van der Waals surface area contributed by atoms with E-state index in [0.717, 1.165) is 16.8 Å². The fraction of sp³-hybridized carbons (Fsp3) is 0.440. The standard InChI is InChI=1S/C50H64N2O19P2/c1-47(2,3)43(55)62-29-66-72(59,67-30-63-44(56)48(4,5)6)70-39-23-18-33(24-40(39)71-73(60,68-31-64-45(57)49(7,8)9)69-32-65-46(58)50(10,11)12)27-51-41(53)28-61-38-22-21-34-25-36(20-19-35(34)26-38)42(54)52-37-16-14-13-15-17-37/h13-26H,27-32H2,1-12H3,(H,51,53)(H,52,54). The maximum atomic E-state index is 14.4. The van der Waals surface area contributed by atoms with Crippen molar-refractivity contribution in [3.8, 4) is 17.2 Å². The lowest BCUT2D eigenvalue weighted by atomic mass is 9.98. The van der Waals surface area contributed by atoms with Crippen LogP contribution in [0.5, 0.6) is 17.2 Å². The number of carbonyl (C=O) groups is 6. The summed E-state index contributed by atoms with van der Waals surface area (Å²) in [5.74, 6) is -4.71. The van der Waals surface area contributed by atoms with Gasteiger partial charge in [-0.2, -0.15) is 0 Å². The van der Waals surface area contributed by atoms with Gasteiger partial charge in [0.1, 0.15) is 5.75 Å². The largest absolute Gasteiger partial charge is 0.536 e. The number of anilines is 1. The number of benzene rings is 4. The summed E-state index contributed by atoms with van der Waals surface area (Å²) in [6, 6.07) is 22.9. The Morgan fingerprint density at radius 1 is 0.493 bits per heavy atom. The number of phosphoric acid groups is 2. The number of phosphoric ester groups is 2. The van der Waals surface area contributed by atoms with Gasteiger partial charge in [-0.3, -0.25) is 28.8 Å². The summed E-state index contributed by atoms with van der Waals surface area (Å²) in [5.41, 5.74) is -2.73. The van der Waals surface area contributed by atoms with E-state index in [0.29, 0.717) is 17.0 Å². The molecule has 0 radical (unpaired) electrons. The molecule has 21 nitrogen and oxygen atoms in total. The molecule has 0 aliphatic heterocycles. The van der Waals surface area contributed by atoms with Crippen molar-refractivity contribution in [3.63, 3.8) is 0 Å². The van der Waals surface area contributed by atoms with Gasteiger partial charge in [0.2, 0.25) is 27.2 Å². The number of esters is 4. The topological polar surface area (TPSA) is 262 Å². The number of carbonyl (C=O) groups excluding carboxylic acids is 6. The van der Waals surface area contributed by atoms with Gasteiger partial charge in [-0.15, -0.1) is 0 Å². The molecule has 4 rings (SSSR count). The smallest absolute Gasteiger partial charge is 0.484 e. The molecule has 0 saturated carbocycles. The van der Waals surface area contributed by atoms with Crippen molar-refractivity contribution in [2.75, 3.05) is 39.1 Å². The third kappa shape index (κ3) is 19.6. The molecule has 73 heavy (non-hydrogen) atoms. The van der Waals surface area contributed by atoms with Crippen LogP contribution in [0.25, 0.3) is 10.8 Å². The van der Waals surface area contributed by atoms with Crippen LogP contribution < -0.4 is 24.4 Å². The van der Waals surface area contributed by atoms with Gasteiger partial charge in [0, 0.05) is 17.8 Å². The minimum Gasteiger partial charge on any atom is -0.484 e. The highest BCUT2D eigenvalue weighted by Crippen LogP contribution is 2.56. The third-order valence-corrected chi connectivity index (χ3v) is 12.0. The quantitative estimate of drug-likeness (QED) is 0.0303. The molecule has 2 amide bonds. The second-order valence-corrected chi connectivity index (χ2v) is 23.4. The zero-order valence-corrected chi connectivity index (χ0v) is 44.8. The summed E-state index contributed by atoms with van der Waals surface area (Å²) in [7, 11) is -10.1. The first-order valence-corrected chi connectivity index (χ1v) is 25.6. The molecular weight excluding hydrogens is 994 g/mol. The molecule has 0 heterocycles. The van der Waals surface area contributed by atoms with Crippen LogP contribution in [0.3, 0.4) is 0 Å². The predicted molar refractivity (Wildman–Crippen MR) is 265 cm³/mol. The summed E-state index contributed by atoms with van der Waals surface area (Å²) in [5, 5.41) is 7.02. The van der Waals surface area contributed by atoms with Crippen molar-refractivity contribution in [2.24, 2.45) is 21.7 Å². The molecule has 0 aliphatic rings. The van der Waals surface area contributed by atoms with Crippen molar-refractivity contribution in [2.45, 2.75) is 89.6 Å². The molecule has 0 aliphatic carbocycles. The van der Waals surface area contributed by atoms with E-state index in [9.17, 15) is 37.9 Å². The van der Waals surface area contributed by atoms with Crippen LogP contribution >= 0.6 is 15.6 Å². The second-order valence-electron chi connectivity index (χ2n) is 20.2. The average molecular weight is 1060 g/mol. The molecule has 23 heteroatoms. The lowest BCUT2D eigenvalue weighted by molar-refractivity contribution is -0.165.